The number of nitrogens with one attached hydrogen (secondary N) is 1. The Labute approximate surface area is 137 Å². The molecule has 21 heavy (non-hydrogen) atoms. The molecule has 2 atom stereocenters. The van der Waals surface area contributed by atoms with Crippen molar-refractivity contribution < 1.29 is 0 Å². The van der Waals surface area contributed by atoms with Crippen LogP contribution in [-0.2, 0) is 0 Å². The number of halogens is 1. The van der Waals surface area contributed by atoms with Gasteiger partial charge in [-0.3, -0.25) is 0 Å². The molecule has 1 aliphatic rings. The van der Waals surface area contributed by atoms with Gasteiger partial charge >= 0.3 is 0 Å². The van der Waals surface area contributed by atoms with Gasteiger partial charge in [-0.25, -0.2) is 0 Å². The van der Waals surface area contributed by atoms with Gasteiger partial charge in [-0.05, 0) is 57.0 Å². The predicted molar refractivity (Wildman–Crippen MR) is 96.4 cm³/mol. The molecule has 1 aromatic carbocycles. The maximum atomic E-state index is 3.75. The summed E-state index contributed by atoms with van der Waals surface area (Å²) in [6, 6.07) is 6.95. The summed E-state index contributed by atoms with van der Waals surface area (Å²) < 4.78 is 1.13. The second-order valence-electron chi connectivity index (χ2n) is 6.28. The van der Waals surface area contributed by atoms with Crippen LogP contribution >= 0.6 is 15.9 Å². The Kier molecular flexibility index (Phi) is 5.94. The van der Waals surface area contributed by atoms with Crippen molar-refractivity contribution in [1.29, 1.82) is 0 Å². The minimum atomic E-state index is 0.493. The smallest absolute Gasteiger partial charge is 0.0597 e. The van der Waals surface area contributed by atoms with Crippen LogP contribution in [0.3, 0.4) is 0 Å². The van der Waals surface area contributed by atoms with Gasteiger partial charge in [0, 0.05) is 31.2 Å². The Balaban J connectivity index is 2.08. The minimum absolute atomic E-state index is 0.493. The van der Waals surface area contributed by atoms with Crippen molar-refractivity contribution in [1.82, 2.24) is 4.90 Å². The highest BCUT2D eigenvalue weighted by atomic mass is 79.9. The fourth-order valence-electron chi connectivity index (χ4n) is 3.16. The summed E-state index contributed by atoms with van der Waals surface area (Å²) in [5.74, 6) is 0.729. The lowest BCUT2D eigenvalue weighted by atomic mass is 9.91. The Morgan fingerprint density at radius 2 is 2.19 bits per heavy atom. The van der Waals surface area contributed by atoms with Gasteiger partial charge in [0.1, 0.15) is 0 Å². The molecule has 1 aliphatic heterocycles. The molecule has 2 unspecified atom stereocenters. The van der Waals surface area contributed by atoms with Crippen LogP contribution in [0.2, 0.25) is 0 Å². The maximum Gasteiger partial charge on any atom is 0.0597 e. The van der Waals surface area contributed by atoms with Crippen molar-refractivity contribution >= 4 is 27.3 Å². The number of hydrogen-bond acceptors (Lipinski definition) is 3. The van der Waals surface area contributed by atoms with E-state index < -0.39 is 0 Å². The molecule has 3 nitrogen and oxygen atoms in total. The van der Waals surface area contributed by atoms with E-state index in [9.17, 15) is 0 Å². The van der Waals surface area contributed by atoms with Crippen LogP contribution in [-0.4, -0.2) is 44.7 Å². The summed E-state index contributed by atoms with van der Waals surface area (Å²) >= 11 is 3.59. The van der Waals surface area contributed by atoms with Crippen LogP contribution in [0.25, 0.3) is 0 Å². The topological polar surface area (TPSA) is 18.5 Å². The molecule has 0 amide bonds. The van der Waals surface area contributed by atoms with Gasteiger partial charge < -0.3 is 15.1 Å². The Morgan fingerprint density at radius 3 is 2.86 bits per heavy atom. The number of anilines is 2. The van der Waals surface area contributed by atoms with Gasteiger partial charge in [0.15, 0.2) is 0 Å². The van der Waals surface area contributed by atoms with E-state index in [2.05, 4.69) is 77.2 Å². The Bertz CT molecular complexity index is 461. The first-order valence-electron chi connectivity index (χ1n) is 7.97. The minimum Gasteiger partial charge on any atom is -0.381 e. The largest absolute Gasteiger partial charge is 0.381 e. The van der Waals surface area contributed by atoms with Crippen LogP contribution in [0.1, 0.15) is 26.7 Å². The van der Waals surface area contributed by atoms with Crippen LogP contribution < -0.4 is 10.2 Å². The van der Waals surface area contributed by atoms with E-state index in [1.165, 1.54) is 43.9 Å². The molecular formula is C17H28BrN3. The van der Waals surface area contributed by atoms with E-state index in [-0.39, 0.29) is 0 Å². The molecule has 1 aromatic rings. The summed E-state index contributed by atoms with van der Waals surface area (Å²) in [4.78, 5) is 4.74. The first-order valence-corrected chi connectivity index (χ1v) is 8.76. The molecule has 0 aromatic heterocycles. The quantitative estimate of drug-likeness (QED) is 0.861. The van der Waals surface area contributed by atoms with Gasteiger partial charge in [-0.1, -0.05) is 22.9 Å². The molecule has 0 radical (unpaired) electrons. The van der Waals surface area contributed by atoms with E-state index in [1.807, 2.05) is 0 Å². The molecule has 0 bridgehead atoms. The zero-order valence-electron chi connectivity index (χ0n) is 13.7. The van der Waals surface area contributed by atoms with E-state index >= 15 is 0 Å². The zero-order valence-corrected chi connectivity index (χ0v) is 15.3. The van der Waals surface area contributed by atoms with E-state index in [0.717, 1.165) is 10.4 Å². The highest BCUT2D eigenvalue weighted by molar-refractivity contribution is 9.10. The fraction of sp³-hybridized carbons (Fsp3) is 0.647. The van der Waals surface area contributed by atoms with Crippen molar-refractivity contribution in [3.8, 4) is 0 Å². The summed E-state index contributed by atoms with van der Waals surface area (Å²) in [6.45, 7) is 8.24. The van der Waals surface area contributed by atoms with E-state index in [0.29, 0.717) is 6.04 Å². The molecule has 0 saturated carbocycles. The highest BCUT2D eigenvalue weighted by Gasteiger charge is 2.24. The summed E-state index contributed by atoms with van der Waals surface area (Å²) in [5, 5.41) is 3.75. The lowest BCUT2D eigenvalue weighted by molar-refractivity contribution is 0.172. The average molecular weight is 354 g/mol. The summed E-state index contributed by atoms with van der Waals surface area (Å²) in [7, 11) is 4.19. The van der Waals surface area contributed by atoms with Gasteiger partial charge in [0.25, 0.3) is 0 Å². The van der Waals surface area contributed by atoms with Crippen LogP contribution in [0.5, 0.6) is 0 Å². The van der Waals surface area contributed by atoms with Crippen molar-refractivity contribution in [3.05, 3.63) is 22.7 Å². The molecule has 0 aliphatic carbocycles. The molecule has 2 rings (SSSR count). The highest BCUT2D eigenvalue weighted by Crippen LogP contribution is 2.30. The number of likely N-dealkylation sites (tertiary alicyclic amines) is 1. The lowest BCUT2D eigenvalue weighted by Gasteiger charge is -2.36. The number of benzene rings is 1. The summed E-state index contributed by atoms with van der Waals surface area (Å²) in [6.07, 6.45) is 2.65. The van der Waals surface area contributed by atoms with Gasteiger partial charge in [0.05, 0.1) is 11.4 Å². The van der Waals surface area contributed by atoms with Crippen molar-refractivity contribution in [2.24, 2.45) is 5.92 Å². The second-order valence-corrected chi connectivity index (χ2v) is 7.20. The van der Waals surface area contributed by atoms with Crippen LogP contribution in [0.4, 0.5) is 11.4 Å². The molecular weight excluding hydrogens is 326 g/mol. The van der Waals surface area contributed by atoms with E-state index in [4.69, 9.17) is 0 Å². The monoisotopic (exact) mass is 353 g/mol. The molecule has 0 spiro atoms. The molecule has 1 N–H and O–H groups in total. The normalized spacial score (nSPS) is 21.1. The third-order valence-corrected chi connectivity index (χ3v) is 5.01. The van der Waals surface area contributed by atoms with Crippen molar-refractivity contribution in [2.75, 3.05) is 43.9 Å². The van der Waals surface area contributed by atoms with Gasteiger partial charge in [0.2, 0.25) is 0 Å². The first kappa shape index (κ1) is 16.6. The number of piperidine rings is 1. The van der Waals surface area contributed by atoms with Crippen molar-refractivity contribution in [3.63, 3.8) is 0 Å². The predicted octanol–water partition coefficient (Wildman–Crippen LogP) is 4.05. The fourth-order valence-corrected chi connectivity index (χ4v) is 3.52. The van der Waals surface area contributed by atoms with Gasteiger partial charge in [-0.2, -0.15) is 0 Å². The lowest BCUT2D eigenvalue weighted by Crippen LogP contribution is -2.41. The van der Waals surface area contributed by atoms with Crippen LogP contribution in [0.15, 0.2) is 22.7 Å². The third kappa shape index (κ3) is 4.36. The Hall–Kier alpha value is -0.740. The molecule has 1 fully saturated rings. The molecule has 4 heteroatoms. The molecule has 118 valence electrons. The van der Waals surface area contributed by atoms with Crippen molar-refractivity contribution in [2.45, 2.75) is 32.7 Å². The number of nitrogens with zero attached hydrogens (tertiary/aromatic N) is 2. The average Bonchev–Trinajstić information content (AvgIpc) is 2.47. The zero-order chi connectivity index (χ0) is 15.4. The third-order valence-electron chi connectivity index (χ3n) is 4.52. The first-order chi connectivity index (χ1) is 10.0. The Morgan fingerprint density at radius 1 is 1.43 bits per heavy atom. The van der Waals surface area contributed by atoms with Crippen LogP contribution in [0, 0.1) is 5.92 Å². The second kappa shape index (κ2) is 7.50. The SMILES string of the molecule is CCN1CCCC(C(C)Nc2cc(Br)ccc2N(C)C)C1. The molecule has 1 saturated heterocycles. The summed E-state index contributed by atoms with van der Waals surface area (Å²) in [5.41, 5.74) is 2.46. The number of rotatable bonds is 5. The van der Waals surface area contributed by atoms with Gasteiger partial charge in [-0.15, -0.1) is 0 Å². The van der Waals surface area contributed by atoms with E-state index in [1.54, 1.807) is 0 Å². The molecule has 1 heterocycles. The number of hydrogen-bond donors (Lipinski definition) is 1. The standard InChI is InChI=1S/C17H28BrN3/c1-5-21-10-6-7-14(12-21)13(2)19-16-11-15(18)8-9-17(16)20(3)4/h8-9,11,13-14,19H,5-7,10,12H2,1-4H3. The maximum absolute atomic E-state index is 3.75.